The Kier molecular flexibility index (Phi) is 4.46. The Balaban J connectivity index is 2.34. The molecule has 0 fully saturated rings. The summed E-state index contributed by atoms with van der Waals surface area (Å²) >= 11 is 1.44. The highest BCUT2D eigenvalue weighted by Crippen LogP contribution is 2.23. The van der Waals surface area contributed by atoms with Gasteiger partial charge in [-0.1, -0.05) is 0 Å². The molecule has 2 aromatic rings. The number of aromatic nitrogens is 2. The Labute approximate surface area is 122 Å². The molecule has 110 valence electrons. The van der Waals surface area contributed by atoms with E-state index in [-0.39, 0.29) is 4.90 Å². The van der Waals surface area contributed by atoms with E-state index in [0.717, 1.165) is 6.42 Å². The number of nitrogens with one attached hydrogen (secondary N) is 1. The molecule has 0 saturated heterocycles. The van der Waals surface area contributed by atoms with Gasteiger partial charge in [-0.25, -0.2) is 8.42 Å². The zero-order valence-corrected chi connectivity index (χ0v) is 13.1. The predicted molar refractivity (Wildman–Crippen MR) is 80.5 cm³/mol. The quantitative estimate of drug-likeness (QED) is 0.849. The summed E-state index contributed by atoms with van der Waals surface area (Å²) in [5, 5.41) is 7.86. The van der Waals surface area contributed by atoms with Crippen molar-refractivity contribution in [2.24, 2.45) is 5.73 Å². The van der Waals surface area contributed by atoms with Gasteiger partial charge in [-0.2, -0.15) is 16.4 Å². The maximum absolute atomic E-state index is 12.4. The molecule has 0 bridgehead atoms. The fourth-order valence-electron chi connectivity index (χ4n) is 2.06. The summed E-state index contributed by atoms with van der Waals surface area (Å²) in [4.78, 5) is 0.251. The van der Waals surface area contributed by atoms with Gasteiger partial charge in [0.2, 0.25) is 0 Å². The van der Waals surface area contributed by atoms with Gasteiger partial charge in [0.25, 0.3) is 10.0 Å². The lowest BCUT2D eigenvalue weighted by Crippen LogP contribution is -2.15. The molecule has 2 rings (SSSR count). The van der Waals surface area contributed by atoms with Crippen LogP contribution in [0.5, 0.6) is 0 Å². The Bertz CT molecular complexity index is 675. The molecule has 0 aliphatic carbocycles. The van der Waals surface area contributed by atoms with Gasteiger partial charge in [-0.3, -0.25) is 9.40 Å². The molecular weight excluding hydrogens is 296 g/mol. The maximum atomic E-state index is 12.4. The molecule has 2 heterocycles. The van der Waals surface area contributed by atoms with E-state index in [0.29, 0.717) is 30.2 Å². The number of hydrogen-bond acceptors (Lipinski definition) is 5. The summed E-state index contributed by atoms with van der Waals surface area (Å²) < 4.78 is 29.2. The van der Waals surface area contributed by atoms with Crippen LogP contribution in [0.1, 0.15) is 17.8 Å². The van der Waals surface area contributed by atoms with Crippen molar-refractivity contribution in [3.05, 3.63) is 28.2 Å². The fourth-order valence-corrected chi connectivity index (χ4v) is 4.18. The Morgan fingerprint density at radius 1 is 1.45 bits per heavy atom. The first-order valence-electron chi connectivity index (χ1n) is 6.25. The first kappa shape index (κ1) is 15.0. The van der Waals surface area contributed by atoms with E-state index in [1.807, 2.05) is 5.38 Å². The van der Waals surface area contributed by atoms with Crippen LogP contribution in [0.2, 0.25) is 0 Å². The van der Waals surface area contributed by atoms with Gasteiger partial charge >= 0.3 is 0 Å². The minimum atomic E-state index is -3.61. The summed E-state index contributed by atoms with van der Waals surface area (Å²) in [6.07, 6.45) is 0.763. The molecule has 0 atom stereocenters. The second kappa shape index (κ2) is 5.94. The Morgan fingerprint density at radius 2 is 2.20 bits per heavy atom. The predicted octanol–water partition coefficient (Wildman–Crippen LogP) is 1.71. The molecule has 0 aromatic carbocycles. The molecule has 0 aliphatic rings. The number of nitrogens with two attached hydrogens (primary N) is 1. The van der Waals surface area contributed by atoms with Crippen molar-refractivity contribution in [3.8, 4) is 0 Å². The van der Waals surface area contributed by atoms with E-state index in [4.69, 9.17) is 5.73 Å². The lowest BCUT2D eigenvalue weighted by molar-refractivity contribution is 0.565. The van der Waals surface area contributed by atoms with Crippen molar-refractivity contribution < 1.29 is 8.42 Å². The van der Waals surface area contributed by atoms with E-state index < -0.39 is 10.0 Å². The Morgan fingerprint density at radius 3 is 2.80 bits per heavy atom. The van der Waals surface area contributed by atoms with Gasteiger partial charge < -0.3 is 5.73 Å². The van der Waals surface area contributed by atoms with E-state index >= 15 is 0 Å². The molecule has 0 aliphatic heterocycles. The summed E-state index contributed by atoms with van der Waals surface area (Å²) in [7, 11) is -3.61. The van der Waals surface area contributed by atoms with Gasteiger partial charge in [0.1, 0.15) is 4.90 Å². The average molecular weight is 314 g/mol. The van der Waals surface area contributed by atoms with Crippen molar-refractivity contribution in [2.45, 2.75) is 31.7 Å². The van der Waals surface area contributed by atoms with Gasteiger partial charge in [0.05, 0.1) is 17.1 Å². The summed E-state index contributed by atoms with van der Waals surface area (Å²) in [5.74, 6) is 0. The maximum Gasteiger partial charge on any atom is 0.265 e. The largest absolute Gasteiger partial charge is 0.330 e. The smallest absolute Gasteiger partial charge is 0.265 e. The van der Waals surface area contributed by atoms with Crippen LogP contribution in [0.3, 0.4) is 0 Å². The van der Waals surface area contributed by atoms with E-state index in [9.17, 15) is 8.42 Å². The Hall–Kier alpha value is -1.38. The lowest BCUT2D eigenvalue weighted by Gasteiger charge is -2.07. The number of anilines is 1. The van der Waals surface area contributed by atoms with Gasteiger partial charge in [0.15, 0.2) is 0 Å². The number of sulfonamides is 1. The van der Waals surface area contributed by atoms with Crippen molar-refractivity contribution in [2.75, 3.05) is 11.3 Å². The van der Waals surface area contributed by atoms with Crippen molar-refractivity contribution in [3.63, 3.8) is 0 Å². The highest BCUT2D eigenvalue weighted by Gasteiger charge is 2.24. The van der Waals surface area contributed by atoms with Crippen LogP contribution >= 0.6 is 11.3 Å². The monoisotopic (exact) mass is 314 g/mol. The molecule has 0 radical (unpaired) electrons. The van der Waals surface area contributed by atoms with E-state index in [1.165, 1.54) is 11.3 Å². The van der Waals surface area contributed by atoms with Crippen molar-refractivity contribution in [1.82, 2.24) is 9.78 Å². The van der Waals surface area contributed by atoms with Crippen LogP contribution in [0.4, 0.5) is 5.69 Å². The molecule has 8 heteroatoms. The molecule has 0 saturated carbocycles. The van der Waals surface area contributed by atoms with Crippen LogP contribution in [0.25, 0.3) is 0 Å². The molecule has 3 N–H and O–H groups in total. The third-order valence-electron chi connectivity index (χ3n) is 2.93. The normalized spacial score (nSPS) is 11.8. The first-order chi connectivity index (χ1) is 9.45. The standard InChI is InChI=1S/C12H18N4O2S2/c1-9-12(10(2)16(14-9)6-3-5-13)20(17,18)15-11-4-7-19-8-11/h4,7-8,15H,3,5-6,13H2,1-2H3. The number of rotatable bonds is 6. The van der Waals surface area contributed by atoms with Crippen LogP contribution in [-0.4, -0.2) is 24.7 Å². The third kappa shape index (κ3) is 3.02. The van der Waals surface area contributed by atoms with E-state index in [1.54, 1.807) is 30.0 Å². The van der Waals surface area contributed by atoms with Crippen LogP contribution in [0, 0.1) is 13.8 Å². The van der Waals surface area contributed by atoms with Crippen LogP contribution < -0.4 is 10.5 Å². The van der Waals surface area contributed by atoms with Crippen LogP contribution in [-0.2, 0) is 16.6 Å². The second-order valence-corrected chi connectivity index (χ2v) is 6.88. The molecule has 20 heavy (non-hydrogen) atoms. The molecule has 6 nitrogen and oxygen atoms in total. The summed E-state index contributed by atoms with van der Waals surface area (Å²) in [5.41, 5.74) is 7.19. The number of aryl methyl sites for hydroxylation is 2. The molecule has 0 amide bonds. The number of hydrogen-bond donors (Lipinski definition) is 2. The zero-order valence-electron chi connectivity index (χ0n) is 11.5. The van der Waals surface area contributed by atoms with E-state index in [2.05, 4.69) is 9.82 Å². The topological polar surface area (TPSA) is 90.0 Å². The van der Waals surface area contributed by atoms with Gasteiger partial charge in [-0.15, -0.1) is 0 Å². The summed E-state index contributed by atoms with van der Waals surface area (Å²) in [6, 6.07) is 1.73. The minimum absolute atomic E-state index is 0.251. The molecule has 2 aromatic heterocycles. The zero-order chi connectivity index (χ0) is 14.8. The SMILES string of the molecule is Cc1nn(CCCN)c(C)c1S(=O)(=O)Nc1ccsc1. The minimum Gasteiger partial charge on any atom is -0.330 e. The summed E-state index contributed by atoms with van der Waals surface area (Å²) in [6.45, 7) is 4.64. The molecular formula is C12H18N4O2S2. The molecule has 0 unspecified atom stereocenters. The van der Waals surface area contributed by atoms with Gasteiger partial charge in [-0.05, 0) is 38.3 Å². The number of thiophene rings is 1. The lowest BCUT2D eigenvalue weighted by atomic mass is 10.4. The highest BCUT2D eigenvalue weighted by atomic mass is 32.2. The van der Waals surface area contributed by atoms with Crippen molar-refractivity contribution in [1.29, 1.82) is 0 Å². The highest BCUT2D eigenvalue weighted by molar-refractivity contribution is 7.92. The second-order valence-electron chi connectivity index (χ2n) is 4.48. The number of nitrogens with zero attached hydrogens (tertiary/aromatic N) is 2. The van der Waals surface area contributed by atoms with Gasteiger partial charge in [0, 0.05) is 11.9 Å². The average Bonchev–Trinajstić information content (AvgIpc) is 2.94. The molecule has 0 spiro atoms. The van der Waals surface area contributed by atoms with Crippen LogP contribution in [0.15, 0.2) is 21.7 Å². The third-order valence-corrected chi connectivity index (χ3v) is 5.25. The fraction of sp³-hybridized carbons (Fsp3) is 0.417. The van der Waals surface area contributed by atoms with Crippen molar-refractivity contribution >= 4 is 27.0 Å². The first-order valence-corrected chi connectivity index (χ1v) is 8.67.